The van der Waals surface area contributed by atoms with Gasteiger partial charge in [0, 0.05) is 18.5 Å². The van der Waals surface area contributed by atoms with Gasteiger partial charge in [0.05, 0.1) is 0 Å². The van der Waals surface area contributed by atoms with Crippen LogP contribution in [0.4, 0.5) is 0 Å². The van der Waals surface area contributed by atoms with Crippen LogP contribution in [0, 0.1) is 6.92 Å². The molecule has 104 valence electrons. The van der Waals surface area contributed by atoms with Crippen molar-refractivity contribution in [3.05, 3.63) is 35.4 Å². The first-order valence-corrected chi connectivity index (χ1v) is 7.24. The fourth-order valence-corrected chi connectivity index (χ4v) is 2.66. The number of carbonyl (C=O) groups is 1. The van der Waals surface area contributed by atoms with Crippen molar-refractivity contribution in [2.75, 3.05) is 6.54 Å². The SMILES string of the molecule is Cc1ccccc1CCC(=O)N[C@@H]1CCCN[C@H]1C. The number of carbonyl (C=O) groups excluding carboxylic acids is 1. The molecule has 19 heavy (non-hydrogen) atoms. The largest absolute Gasteiger partial charge is 0.352 e. The van der Waals surface area contributed by atoms with Crippen LogP contribution < -0.4 is 10.6 Å². The summed E-state index contributed by atoms with van der Waals surface area (Å²) in [6.07, 6.45) is 3.64. The number of hydrogen-bond acceptors (Lipinski definition) is 2. The summed E-state index contributed by atoms with van der Waals surface area (Å²) in [5, 5.41) is 6.56. The van der Waals surface area contributed by atoms with Crippen molar-refractivity contribution in [3.63, 3.8) is 0 Å². The van der Waals surface area contributed by atoms with Gasteiger partial charge in [-0.3, -0.25) is 4.79 Å². The van der Waals surface area contributed by atoms with E-state index < -0.39 is 0 Å². The van der Waals surface area contributed by atoms with Crippen molar-refractivity contribution >= 4 is 5.91 Å². The molecule has 0 aliphatic carbocycles. The van der Waals surface area contributed by atoms with Crippen LogP contribution in [0.15, 0.2) is 24.3 Å². The Morgan fingerprint density at radius 1 is 1.42 bits per heavy atom. The topological polar surface area (TPSA) is 41.1 Å². The van der Waals surface area contributed by atoms with Gasteiger partial charge in [-0.15, -0.1) is 0 Å². The Morgan fingerprint density at radius 3 is 2.95 bits per heavy atom. The van der Waals surface area contributed by atoms with Crippen LogP contribution in [0.1, 0.15) is 37.3 Å². The van der Waals surface area contributed by atoms with Gasteiger partial charge in [0.15, 0.2) is 0 Å². The highest BCUT2D eigenvalue weighted by Gasteiger charge is 2.21. The summed E-state index contributed by atoms with van der Waals surface area (Å²) in [6.45, 7) is 5.31. The number of hydrogen-bond donors (Lipinski definition) is 2. The first-order chi connectivity index (χ1) is 9.16. The van der Waals surface area contributed by atoms with Gasteiger partial charge in [-0.25, -0.2) is 0 Å². The molecule has 2 rings (SSSR count). The van der Waals surface area contributed by atoms with Gasteiger partial charge < -0.3 is 10.6 Å². The molecule has 1 saturated heterocycles. The summed E-state index contributed by atoms with van der Waals surface area (Å²) >= 11 is 0. The number of rotatable bonds is 4. The molecule has 1 aliphatic rings. The zero-order chi connectivity index (χ0) is 13.7. The number of amides is 1. The van der Waals surface area contributed by atoms with Crippen molar-refractivity contribution in [1.82, 2.24) is 10.6 Å². The zero-order valence-corrected chi connectivity index (χ0v) is 11.9. The van der Waals surface area contributed by atoms with Crippen molar-refractivity contribution < 1.29 is 4.79 Å². The Hall–Kier alpha value is -1.35. The first-order valence-electron chi connectivity index (χ1n) is 7.24. The molecule has 1 amide bonds. The van der Waals surface area contributed by atoms with Crippen LogP contribution in [-0.4, -0.2) is 24.5 Å². The maximum Gasteiger partial charge on any atom is 0.220 e. The minimum Gasteiger partial charge on any atom is -0.352 e. The molecular formula is C16H24N2O. The maximum absolute atomic E-state index is 12.0. The normalized spacial score (nSPS) is 23.1. The Bertz CT molecular complexity index is 431. The van der Waals surface area contributed by atoms with E-state index in [9.17, 15) is 4.79 Å². The monoisotopic (exact) mass is 260 g/mol. The molecule has 2 atom stereocenters. The summed E-state index contributed by atoms with van der Waals surface area (Å²) in [4.78, 5) is 12.0. The highest BCUT2D eigenvalue weighted by atomic mass is 16.1. The smallest absolute Gasteiger partial charge is 0.220 e. The molecule has 0 saturated carbocycles. The Kier molecular flexibility index (Phi) is 4.97. The molecule has 1 aromatic rings. The van der Waals surface area contributed by atoms with E-state index in [-0.39, 0.29) is 11.9 Å². The predicted octanol–water partition coefficient (Wildman–Crippen LogP) is 2.18. The van der Waals surface area contributed by atoms with E-state index in [1.165, 1.54) is 11.1 Å². The standard InChI is InChI=1S/C16H24N2O/c1-12-6-3-4-7-14(12)9-10-16(19)18-15-8-5-11-17-13(15)2/h3-4,6-7,13,15,17H,5,8-11H2,1-2H3,(H,18,19)/t13-,15+/m0/s1. The molecule has 1 fully saturated rings. The second-order valence-corrected chi connectivity index (χ2v) is 5.49. The highest BCUT2D eigenvalue weighted by Crippen LogP contribution is 2.11. The molecule has 0 spiro atoms. The van der Waals surface area contributed by atoms with Gasteiger partial charge in [-0.05, 0) is 50.8 Å². The summed E-state index contributed by atoms with van der Waals surface area (Å²) in [6, 6.07) is 8.95. The molecule has 0 radical (unpaired) electrons. The van der Waals surface area contributed by atoms with E-state index in [1.54, 1.807) is 0 Å². The fourth-order valence-electron chi connectivity index (χ4n) is 2.66. The van der Waals surface area contributed by atoms with Crippen molar-refractivity contribution in [3.8, 4) is 0 Å². The van der Waals surface area contributed by atoms with Crippen molar-refractivity contribution in [2.24, 2.45) is 0 Å². The summed E-state index contributed by atoms with van der Waals surface area (Å²) in [5.74, 6) is 0.170. The third-order valence-corrected chi connectivity index (χ3v) is 3.99. The predicted molar refractivity (Wildman–Crippen MR) is 78.1 cm³/mol. The van der Waals surface area contributed by atoms with Crippen LogP contribution in [-0.2, 0) is 11.2 Å². The van der Waals surface area contributed by atoms with Crippen LogP contribution in [0.5, 0.6) is 0 Å². The quantitative estimate of drug-likeness (QED) is 0.871. The van der Waals surface area contributed by atoms with Gasteiger partial charge in [-0.1, -0.05) is 24.3 Å². The van der Waals surface area contributed by atoms with E-state index in [1.807, 2.05) is 12.1 Å². The molecule has 1 aromatic carbocycles. The second kappa shape index (κ2) is 6.71. The van der Waals surface area contributed by atoms with E-state index in [0.29, 0.717) is 12.5 Å². The minimum atomic E-state index is 0.170. The van der Waals surface area contributed by atoms with Crippen LogP contribution in [0.25, 0.3) is 0 Å². The molecule has 1 aliphatic heterocycles. The Labute approximate surface area is 115 Å². The molecule has 2 N–H and O–H groups in total. The Balaban J connectivity index is 1.80. The van der Waals surface area contributed by atoms with E-state index in [4.69, 9.17) is 0 Å². The molecule has 3 heteroatoms. The van der Waals surface area contributed by atoms with E-state index in [0.717, 1.165) is 25.8 Å². The number of nitrogens with one attached hydrogen (secondary N) is 2. The van der Waals surface area contributed by atoms with Crippen molar-refractivity contribution in [2.45, 2.75) is 51.6 Å². The van der Waals surface area contributed by atoms with E-state index in [2.05, 4.69) is 36.6 Å². The van der Waals surface area contributed by atoms with Crippen LogP contribution >= 0.6 is 0 Å². The molecule has 0 aromatic heterocycles. The lowest BCUT2D eigenvalue weighted by Gasteiger charge is -2.30. The number of piperidine rings is 1. The lowest BCUT2D eigenvalue weighted by atomic mass is 9.99. The van der Waals surface area contributed by atoms with E-state index >= 15 is 0 Å². The number of aryl methyl sites for hydroxylation is 2. The molecular weight excluding hydrogens is 236 g/mol. The molecule has 0 unspecified atom stereocenters. The maximum atomic E-state index is 12.0. The number of benzene rings is 1. The summed E-state index contributed by atoms with van der Waals surface area (Å²) in [5.41, 5.74) is 2.54. The molecule has 0 bridgehead atoms. The van der Waals surface area contributed by atoms with Gasteiger partial charge >= 0.3 is 0 Å². The third-order valence-electron chi connectivity index (χ3n) is 3.99. The average molecular weight is 260 g/mol. The lowest BCUT2D eigenvalue weighted by Crippen LogP contribution is -2.51. The zero-order valence-electron chi connectivity index (χ0n) is 11.9. The average Bonchev–Trinajstić information content (AvgIpc) is 2.40. The van der Waals surface area contributed by atoms with Crippen molar-refractivity contribution in [1.29, 1.82) is 0 Å². The third kappa shape index (κ3) is 4.06. The first kappa shape index (κ1) is 14.1. The lowest BCUT2D eigenvalue weighted by molar-refractivity contribution is -0.122. The highest BCUT2D eigenvalue weighted by molar-refractivity contribution is 5.76. The van der Waals surface area contributed by atoms with Crippen LogP contribution in [0.3, 0.4) is 0 Å². The van der Waals surface area contributed by atoms with Gasteiger partial charge in [0.2, 0.25) is 5.91 Å². The van der Waals surface area contributed by atoms with Gasteiger partial charge in [0.1, 0.15) is 0 Å². The van der Waals surface area contributed by atoms with Gasteiger partial charge in [0.25, 0.3) is 0 Å². The van der Waals surface area contributed by atoms with Crippen LogP contribution in [0.2, 0.25) is 0 Å². The molecule has 1 heterocycles. The van der Waals surface area contributed by atoms with Gasteiger partial charge in [-0.2, -0.15) is 0 Å². The Morgan fingerprint density at radius 2 is 2.21 bits per heavy atom. The molecule has 3 nitrogen and oxygen atoms in total. The summed E-state index contributed by atoms with van der Waals surface area (Å²) in [7, 11) is 0. The fraction of sp³-hybridized carbons (Fsp3) is 0.562. The summed E-state index contributed by atoms with van der Waals surface area (Å²) < 4.78 is 0. The minimum absolute atomic E-state index is 0.170. The second-order valence-electron chi connectivity index (χ2n) is 5.49.